The summed E-state index contributed by atoms with van der Waals surface area (Å²) in [4.78, 5) is 0. The van der Waals surface area contributed by atoms with Gasteiger partial charge in [-0.2, -0.15) is 0 Å². The molecule has 0 aliphatic rings. The molecule has 0 saturated heterocycles. The molecule has 1 unspecified atom stereocenters. The van der Waals surface area contributed by atoms with E-state index in [1.54, 1.807) is 0 Å². The number of halogens is 1. The van der Waals surface area contributed by atoms with Crippen LogP contribution in [-0.2, 0) is 0 Å². The molecule has 0 aromatic carbocycles. The average molecular weight is 469 g/mol. The number of hydrogen-bond donors (Lipinski definition) is 4. The highest BCUT2D eigenvalue weighted by atomic mass is 35.5. The highest BCUT2D eigenvalue weighted by molar-refractivity contribution is 5.97. The minimum atomic E-state index is -2.69. The van der Waals surface area contributed by atoms with Crippen molar-refractivity contribution in [3.8, 4) is 0 Å². The summed E-state index contributed by atoms with van der Waals surface area (Å²) >= 11 is 0. The summed E-state index contributed by atoms with van der Waals surface area (Å²) in [7, 11) is 4.76. The summed E-state index contributed by atoms with van der Waals surface area (Å²) in [6, 6.07) is 0. The van der Waals surface area contributed by atoms with Crippen molar-refractivity contribution in [2.45, 2.75) is 134 Å². The molecule has 0 aliphatic heterocycles. The van der Waals surface area contributed by atoms with Gasteiger partial charge in [0.15, 0.2) is 0 Å². The van der Waals surface area contributed by atoms with Crippen molar-refractivity contribution >= 4 is 10.4 Å². The lowest BCUT2D eigenvalue weighted by atomic mass is 9.95. The quantitative estimate of drug-likeness (QED) is 0.120. The molecule has 184 valence electrons. The number of aliphatic hydroxyl groups is 3. The third-order valence-electron chi connectivity index (χ3n) is 6.34. The van der Waals surface area contributed by atoms with Gasteiger partial charge in [0.1, 0.15) is 5.66 Å². The van der Waals surface area contributed by atoms with Crippen molar-refractivity contribution in [1.29, 1.82) is 0 Å². The molecule has 5 N–H and O–H groups in total. The van der Waals surface area contributed by atoms with Crippen molar-refractivity contribution in [2.75, 3.05) is 14.1 Å². The first kappa shape index (κ1) is 32.5. The predicted octanol–water partition coefficient (Wildman–Crippen LogP) is 0.675. The summed E-state index contributed by atoms with van der Waals surface area (Å²) in [5, 5.41) is 28.2. The zero-order chi connectivity index (χ0) is 22.2. The number of quaternary nitrogens is 1. The molecule has 30 heavy (non-hydrogen) atoms. The first-order valence-electron chi connectivity index (χ1n) is 12.3. The van der Waals surface area contributed by atoms with E-state index >= 15 is 0 Å². The molecule has 0 saturated carbocycles. The summed E-state index contributed by atoms with van der Waals surface area (Å²) in [6.07, 6.45) is 21.8. The SMILES string of the molecule is CCCCCCCCCCCCCCCCCCC(N)(CC(O)(O)O)[N+](C)(C)[SiH3].[Cl-]. The Kier molecular flexibility index (Phi) is 19.3. The van der Waals surface area contributed by atoms with Crippen molar-refractivity contribution in [3.05, 3.63) is 0 Å². The molecule has 0 fully saturated rings. The maximum atomic E-state index is 9.39. The van der Waals surface area contributed by atoms with Crippen molar-refractivity contribution in [3.63, 3.8) is 0 Å². The van der Waals surface area contributed by atoms with E-state index in [2.05, 4.69) is 6.92 Å². The fourth-order valence-corrected chi connectivity index (χ4v) is 4.43. The molecular formula is C23H53ClN2O3Si. The Labute approximate surface area is 196 Å². The van der Waals surface area contributed by atoms with Gasteiger partial charge in [-0.3, -0.25) is 5.73 Å². The molecule has 0 rings (SSSR count). The second-order valence-electron chi connectivity index (χ2n) is 10.1. The van der Waals surface area contributed by atoms with Crippen LogP contribution in [0.3, 0.4) is 0 Å². The van der Waals surface area contributed by atoms with Crippen LogP contribution in [0.2, 0.25) is 0 Å². The topological polar surface area (TPSA) is 86.7 Å². The van der Waals surface area contributed by atoms with Gasteiger partial charge in [-0.1, -0.05) is 103 Å². The number of nitrogens with two attached hydrogens (primary N) is 1. The van der Waals surface area contributed by atoms with Gasteiger partial charge in [-0.15, -0.1) is 0 Å². The molecule has 0 heterocycles. The van der Waals surface area contributed by atoms with Crippen molar-refractivity contribution in [2.24, 2.45) is 5.73 Å². The average Bonchev–Trinajstić information content (AvgIpc) is 2.59. The predicted molar refractivity (Wildman–Crippen MR) is 127 cm³/mol. The van der Waals surface area contributed by atoms with Crippen LogP contribution < -0.4 is 18.1 Å². The minimum absolute atomic E-state index is 0. The highest BCUT2D eigenvalue weighted by Crippen LogP contribution is 2.27. The Morgan fingerprint density at radius 3 is 1.23 bits per heavy atom. The minimum Gasteiger partial charge on any atom is -1.00 e. The van der Waals surface area contributed by atoms with Crippen LogP contribution in [0.1, 0.15) is 122 Å². The van der Waals surface area contributed by atoms with Gasteiger partial charge < -0.3 is 31.9 Å². The first-order chi connectivity index (χ1) is 13.5. The van der Waals surface area contributed by atoms with E-state index in [-0.39, 0.29) is 18.8 Å². The maximum Gasteiger partial charge on any atom is 0.282 e. The van der Waals surface area contributed by atoms with E-state index in [1.165, 1.54) is 89.9 Å². The second-order valence-corrected chi connectivity index (χ2v) is 12.4. The van der Waals surface area contributed by atoms with Crippen LogP contribution in [0.4, 0.5) is 0 Å². The number of hydrogen-bond acceptors (Lipinski definition) is 4. The molecule has 0 aliphatic carbocycles. The molecule has 0 aromatic heterocycles. The highest BCUT2D eigenvalue weighted by Gasteiger charge is 2.43. The standard InChI is InChI=1S/C23H53N2O3Si.ClH/c1-4-5-6-7-8-9-10-11-12-13-14-15-16-17-18-19-20-22(24,25(2,3)29)21-23(26,27)28;/h26-28H,4-21,24H2,1-3,29H3;1H/q+1;/p-1. The van der Waals surface area contributed by atoms with E-state index < -0.39 is 11.6 Å². The zero-order valence-electron chi connectivity index (χ0n) is 20.5. The van der Waals surface area contributed by atoms with E-state index in [4.69, 9.17) is 5.73 Å². The smallest absolute Gasteiger partial charge is 0.282 e. The Bertz CT molecular complexity index is 390. The summed E-state index contributed by atoms with van der Waals surface area (Å²) in [6.45, 7) is 2.27. The van der Waals surface area contributed by atoms with Crippen LogP contribution in [-0.4, -0.2) is 55.6 Å². The van der Waals surface area contributed by atoms with Gasteiger partial charge in [0, 0.05) is 6.42 Å². The normalized spacial score (nSPS) is 14.5. The first-order valence-corrected chi connectivity index (χ1v) is 13.2. The third kappa shape index (κ3) is 17.9. The molecule has 1 atom stereocenters. The van der Waals surface area contributed by atoms with Gasteiger partial charge in [0.25, 0.3) is 5.97 Å². The fourth-order valence-electron chi connectivity index (χ4n) is 4.05. The molecule has 0 radical (unpaired) electrons. The lowest BCUT2D eigenvalue weighted by molar-refractivity contribution is -0.838. The molecule has 7 heteroatoms. The van der Waals surface area contributed by atoms with E-state index in [0.717, 1.165) is 23.2 Å². The third-order valence-corrected chi connectivity index (χ3v) is 7.23. The van der Waals surface area contributed by atoms with Crippen molar-refractivity contribution in [1.82, 2.24) is 0 Å². The van der Waals surface area contributed by atoms with E-state index in [0.29, 0.717) is 10.6 Å². The Hall–Kier alpha value is 0.307. The number of unbranched alkanes of at least 4 members (excludes halogenated alkanes) is 15. The van der Waals surface area contributed by atoms with E-state index in [1.807, 2.05) is 14.1 Å². The van der Waals surface area contributed by atoms with Crippen LogP contribution in [0.25, 0.3) is 0 Å². The second kappa shape index (κ2) is 17.8. The van der Waals surface area contributed by atoms with Crippen LogP contribution in [0.5, 0.6) is 0 Å². The Morgan fingerprint density at radius 1 is 0.667 bits per heavy atom. The molecule has 0 amide bonds. The van der Waals surface area contributed by atoms with Crippen LogP contribution >= 0.6 is 0 Å². The Balaban J connectivity index is 0. The summed E-state index contributed by atoms with van der Waals surface area (Å²) < 4.78 is 0.523. The summed E-state index contributed by atoms with van der Waals surface area (Å²) in [5.41, 5.74) is 5.66. The number of nitrogens with zero attached hydrogens (tertiary/aromatic N) is 1. The van der Waals surface area contributed by atoms with Crippen LogP contribution in [0.15, 0.2) is 0 Å². The van der Waals surface area contributed by atoms with Crippen molar-refractivity contribution < 1.29 is 31.9 Å². The molecular weight excluding hydrogens is 416 g/mol. The van der Waals surface area contributed by atoms with Gasteiger partial charge in [-0.05, 0) is 6.42 Å². The monoisotopic (exact) mass is 468 g/mol. The van der Waals surface area contributed by atoms with Gasteiger partial charge in [0.2, 0.25) is 10.4 Å². The van der Waals surface area contributed by atoms with E-state index in [9.17, 15) is 15.3 Å². The van der Waals surface area contributed by atoms with Gasteiger partial charge >= 0.3 is 0 Å². The molecule has 5 nitrogen and oxygen atoms in total. The lowest BCUT2D eigenvalue weighted by Crippen LogP contribution is -3.00. The zero-order valence-corrected chi connectivity index (χ0v) is 23.2. The largest absolute Gasteiger partial charge is 1.00 e. The maximum absolute atomic E-state index is 9.39. The number of rotatable bonds is 20. The Morgan fingerprint density at radius 2 is 0.967 bits per heavy atom. The fraction of sp³-hybridized carbons (Fsp3) is 1.00. The lowest BCUT2D eigenvalue weighted by Gasteiger charge is -2.46. The molecule has 0 spiro atoms. The summed E-state index contributed by atoms with van der Waals surface area (Å²) in [5.74, 6) is -2.69. The van der Waals surface area contributed by atoms with Gasteiger partial charge in [0.05, 0.1) is 20.5 Å². The van der Waals surface area contributed by atoms with Gasteiger partial charge in [-0.25, -0.2) is 0 Å². The van der Waals surface area contributed by atoms with Crippen LogP contribution in [0, 0.1) is 0 Å². The molecule has 0 bridgehead atoms. The molecule has 0 aromatic rings.